The van der Waals surface area contributed by atoms with Gasteiger partial charge in [-0.05, 0) is 20.0 Å². The Bertz CT molecular complexity index is 75.5. The Morgan fingerprint density at radius 3 is 1.78 bits per heavy atom. The molecule has 0 saturated heterocycles. The molecule has 0 aliphatic heterocycles. The Hall–Kier alpha value is 0.177. The van der Waals surface area contributed by atoms with Crippen LogP contribution < -0.4 is 0 Å². The molecule has 2 heteroatoms. The van der Waals surface area contributed by atoms with Crippen molar-refractivity contribution in [1.82, 2.24) is 4.57 Å². The Morgan fingerprint density at radius 2 is 1.67 bits per heavy atom. The van der Waals surface area contributed by atoms with Crippen LogP contribution in [0, 0.1) is 0 Å². The first-order chi connectivity index (χ1) is 3.98. The highest BCUT2D eigenvalue weighted by Crippen LogP contribution is 2.05. The zero-order chi connectivity index (χ0) is 7.49. The van der Waals surface area contributed by atoms with Crippen LogP contribution in [0.1, 0.15) is 13.3 Å². The number of hydrogen-bond acceptors (Lipinski definition) is 1. The fourth-order valence-corrected chi connectivity index (χ4v) is 1.57. The van der Waals surface area contributed by atoms with Crippen molar-refractivity contribution in [3.63, 3.8) is 0 Å². The molecule has 0 rings (SSSR count). The zero-order valence-electron chi connectivity index (χ0n) is 7.36. The van der Waals surface area contributed by atoms with Crippen molar-refractivity contribution < 1.29 is 0 Å². The van der Waals surface area contributed by atoms with Crippen LogP contribution in [0.25, 0.3) is 0 Å². The molecule has 0 atom stereocenters. The van der Waals surface area contributed by atoms with Crippen LogP contribution in [0.4, 0.5) is 0 Å². The van der Waals surface area contributed by atoms with Gasteiger partial charge >= 0.3 is 0 Å². The second-order valence-electron chi connectivity index (χ2n) is 3.59. The van der Waals surface area contributed by atoms with Gasteiger partial charge in [0, 0.05) is 0 Å². The molecule has 0 unspecified atom stereocenters. The van der Waals surface area contributed by atoms with E-state index < -0.39 is 8.24 Å². The van der Waals surface area contributed by atoms with Crippen molar-refractivity contribution in [3.8, 4) is 0 Å². The van der Waals surface area contributed by atoms with Gasteiger partial charge in [-0.15, -0.1) is 0 Å². The summed E-state index contributed by atoms with van der Waals surface area (Å²) in [5.41, 5.74) is 0. The van der Waals surface area contributed by atoms with Crippen LogP contribution >= 0.6 is 0 Å². The number of rotatable bonds is 3. The summed E-state index contributed by atoms with van der Waals surface area (Å²) in [6, 6.07) is 0. The summed E-state index contributed by atoms with van der Waals surface area (Å²) < 4.78 is 2.51. The van der Waals surface area contributed by atoms with Crippen molar-refractivity contribution in [3.05, 3.63) is 0 Å². The average molecular weight is 145 g/mol. The van der Waals surface area contributed by atoms with E-state index in [1.54, 1.807) is 0 Å². The molecule has 0 fully saturated rings. The summed E-state index contributed by atoms with van der Waals surface area (Å²) in [5, 5.41) is 0. The van der Waals surface area contributed by atoms with Crippen LogP contribution in [0.15, 0.2) is 0 Å². The van der Waals surface area contributed by atoms with E-state index >= 15 is 0 Å². The first-order valence-electron chi connectivity index (χ1n) is 3.69. The highest BCUT2D eigenvalue weighted by atomic mass is 28.3. The Balaban J connectivity index is 3.59. The molecule has 0 aliphatic carbocycles. The van der Waals surface area contributed by atoms with E-state index in [2.05, 4.69) is 38.2 Å². The second kappa shape index (κ2) is 3.37. The van der Waals surface area contributed by atoms with E-state index in [0.717, 1.165) is 0 Å². The number of nitrogens with zero attached hydrogens (tertiary/aromatic N) is 1. The minimum Gasteiger partial charge on any atom is -0.327 e. The molecule has 0 aliphatic rings. The van der Waals surface area contributed by atoms with Crippen molar-refractivity contribution in [2.75, 3.05) is 13.6 Å². The van der Waals surface area contributed by atoms with E-state index in [1.165, 1.54) is 13.0 Å². The predicted octanol–water partition coefficient (Wildman–Crippen LogP) is 2.16. The molecule has 0 amide bonds. The predicted molar refractivity (Wildman–Crippen MR) is 46.3 cm³/mol. The maximum Gasteiger partial charge on any atom is 0.118 e. The van der Waals surface area contributed by atoms with Crippen molar-refractivity contribution >= 4 is 8.24 Å². The quantitative estimate of drug-likeness (QED) is 0.550. The first-order valence-corrected chi connectivity index (χ1v) is 7.14. The Labute approximate surface area is 60.1 Å². The maximum atomic E-state index is 2.51. The fraction of sp³-hybridized carbons (Fsp3) is 1.00. The van der Waals surface area contributed by atoms with E-state index in [-0.39, 0.29) is 0 Å². The van der Waals surface area contributed by atoms with E-state index in [0.29, 0.717) is 0 Å². The summed E-state index contributed by atoms with van der Waals surface area (Å²) in [4.78, 5) is 0. The largest absolute Gasteiger partial charge is 0.327 e. The molecule has 0 aromatic carbocycles. The lowest BCUT2D eigenvalue weighted by Crippen LogP contribution is -2.43. The Kier molecular flexibility index (Phi) is 3.44. The van der Waals surface area contributed by atoms with E-state index in [9.17, 15) is 0 Å². The van der Waals surface area contributed by atoms with Gasteiger partial charge in [-0.25, -0.2) is 0 Å². The van der Waals surface area contributed by atoms with E-state index in [1.807, 2.05) is 0 Å². The fourth-order valence-electron chi connectivity index (χ4n) is 0.671. The lowest BCUT2D eigenvalue weighted by molar-refractivity contribution is 0.505. The van der Waals surface area contributed by atoms with Crippen LogP contribution in [-0.2, 0) is 0 Å². The smallest absolute Gasteiger partial charge is 0.118 e. The molecule has 56 valence electrons. The van der Waals surface area contributed by atoms with E-state index in [4.69, 9.17) is 0 Å². The molecule has 0 saturated carbocycles. The van der Waals surface area contributed by atoms with Gasteiger partial charge < -0.3 is 4.57 Å². The van der Waals surface area contributed by atoms with Gasteiger partial charge in [0.15, 0.2) is 0 Å². The standard InChI is InChI=1S/C7H19NSi/c1-6-7-8(2)9(3,4)5/h6-7H2,1-5H3. The molecule has 0 N–H and O–H groups in total. The van der Waals surface area contributed by atoms with Crippen LogP contribution in [0.2, 0.25) is 19.6 Å². The van der Waals surface area contributed by atoms with Gasteiger partial charge in [0.1, 0.15) is 8.24 Å². The topological polar surface area (TPSA) is 3.24 Å². The molecule has 1 nitrogen and oxygen atoms in total. The molecular weight excluding hydrogens is 126 g/mol. The molecule has 0 heterocycles. The highest BCUT2D eigenvalue weighted by molar-refractivity contribution is 6.73. The van der Waals surface area contributed by atoms with Gasteiger partial charge in [-0.3, -0.25) is 0 Å². The van der Waals surface area contributed by atoms with Crippen LogP contribution in [-0.4, -0.2) is 26.4 Å². The molecule has 0 aromatic rings. The van der Waals surface area contributed by atoms with Crippen LogP contribution in [0.3, 0.4) is 0 Å². The van der Waals surface area contributed by atoms with Crippen molar-refractivity contribution in [2.24, 2.45) is 0 Å². The highest BCUT2D eigenvalue weighted by Gasteiger charge is 2.17. The minimum atomic E-state index is -0.948. The minimum absolute atomic E-state index is 0.948. The molecule has 0 aromatic heterocycles. The van der Waals surface area contributed by atoms with Gasteiger partial charge in [0.05, 0.1) is 0 Å². The molecule has 9 heavy (non-hydrogen) atoms. The average Bonchev–Trinajstić information content (AvgIpc) is 1.64. The summed E-state index contributed by atoms with van der Waals surface area (Å²) in [6.07, 6.45) is 1.28. The summed E-state index contributed by atoms with van der Waals surface area (Å²) in [5.74, 6) is 0. The maximum absolute atomic E-state index is 2.51. The first kappa shape index (κ1) is 9.18. The molecular formula is C7H19NSi. The van der Waals surface area contributed by atoms with Crippen LogP contribution in [0.5, 0.6) is 0 Å². The third-order valence-corrected chi connectivity index (χ3v) is 4.22. The SMILES string of the molecule is CCCN(C)[Si](C)(C)C. The van der Waals surface area contributed by atoms with Gasteiger partial charge in [0.25, 0.3) is 0 Å². The molecule has 0 bridgehead atoms. The van der Waals surface area contributed by atoms with Gasteiger partial charge in [0.2, 0.25) is 0 Å². The number of hydrogen-bond donors (Lipinski definition) is 0. The summed E-state index contributed by atoms with van der Waals surface area (Å²) in [7, 11) is 1.28. The molecule has 0 radical (unpaired) electrons. The van der Waals surface area contributed by atoms with Gasteiger partial charge in [-0.1, -0.05) is 26.6 Å². The second-order valence-corrected chi connectivity index (χ2v) is 8.70. The third-order valence-electron chi connectivity index (χ3n) is 1.70. The lowest BCUT2D eigenvalue weighted by Gasteiger charge is -2.29. The zero-order valence-corrected chi connectivity index (χ0v) is 8.36. The Morgan fingerprint density at radius 1 is 1.22 bits per heavy atom. The normalized spacial score (nSPS) is 12.7. The van der Waals surface area contributed by atoms with Crippen molar-refractivity contribution in [1.29, 1.82) is 0 Å². The summed E-state index contributed by atoms with van der Waals surface area (Å²) in [6.45, 7) is 10.6. The summed E-state index contributed by atoms with van der Waals surface area (Å²) >= 11 is 0. The third kappa shape index (κ3) is 3.70. The van der Waals surface area contributed by atoms with Gasteiger partial charge in [-0.2, -0.15) is 0 Å². The molecule has 0 spiro atoms. The van der Waals surface area contributed by atoms with Crippen molar-refractivity contribution in [2.45, 2.75) is 33.0 Å². The lowest BCUT2D eigenvalue weighted by atomic mass is 10.5. The monoisotopic (exact) mass is 145 g/mol.